The third kappa shape index (κ3) is 3.66. The van der Waals surface area contributed by atoms with Crippen molar-refractivity contribution in [1.82, 2.24) is 10.2 Å². The van der Waals surface area contributed by atoms with E-state index in [1.54, 1.807) is 0 Å². The number of likely N-dealkylation sites (tertiary alicyclic amines) is 1. The fraction of sp³-hybridized carbons (Fsp3) is 0.632. The molecule has 0 aromatic heterocycles. The topological polar surface area (TPSA) is 67.6 Å². The number of carbonyl (C=O) groups is 1. The van der Waals surface area contributed by atoms with Gasteiger partial charge >= 0.3 is 0 Å². The summed E-state index contributed by atoms with van der Waals surface area (Å²) in [6.45, 7) is 11.0. The summed E-state index contributed by atoms with van der Waals surface area (Å²) in [5.41, 5.74) is 11.4. The van der Waals surface area contributed by atoms with Gasteiger partial charge in [0.2, 0.25) is 5.91 Å². The summed E-state index contributed by atoms with van der Waals surface area (Å²) >= 11 is 0. The Morgan fingerprint density at radius 2 is 1.79 bits per heavy atom. The molecule has 2 atom stereocenters. The van der Waals surface area contributed by atoms with Crippen LogP contribution in [-0.4, -0.2) is 36.7 Å². The largest absolute Gasteiger partial charge is 0.474 e. The molecule has 0 radical (unpaired) electrons. The Kier molecular flexibility index (Phi) is 5.75. The zero-order chi connectivity index (χ0) is 18.0. The van der Waals surface area contributed by atoms with Gasteiger partial charge in [0.1, 0.15) is 5.75 Å². The Hall–Kier alpha value is -1.75. The van der Waals surface area contributed by atoms with Crippen LogP contribution in [0.3, 0.4) is 0 Å². The number of nitrogens with two attached hydrogens (primary N) is 1. The van der Waals surface area contributed by atoms with Crippen LogP contribution in [0.5, 0.6) is 5.75 Å². The molecule has 0 aliphatic carbocycles. The third-order valence-electron chi connectivity index (χ3n) is 5.36. The van der Waals surface area contributed by atoms with Crippen LogP contribution in [0.4, 0.5) is 5.69 Å². The maximum Gasteiger partial charge on any atom is 0.219 e. The van der Waals surface area contributed by atoms with E-state index in [1.165, 1.54) is 0 Å². The monoisotopic (exact) mass is 333 g/mol. The first-order chi connectivity index (χ1) is 11.3. The molecule has 1 aromatic rings. The number of rotatable bonds is 4. The molecule has 1 heterocycles. The van der Waals surface area contributed by atoms with Crippen molar-refractivity contribution in [1.29, 1.82) is 0 Å². The fourth-order valence-corrected chi connectivity index (χ4v) is 3.26. The lowest BCUT2D eigenvalue weighted by molar-refractivity contribution is -0.122. The van der Waals surface area contributed by atoms with E-state index in [1.807, 2.05) is 20.8 Å². The van der Waals surface area contributed by atoms with Crippen molar-refractivity contribution in [3.05, 3.63) is 22.3 Å². The molecular formula is C19H31N3O2. The lowest BCUT2D eigenvalue weighted by Crippen LogP contribution is -2.50. The SMILES string of the molecule is CCC(=O)NC1CCN(C)C(Oc2c(C)c(C)c(N)c(C)c2C)C1. The second kappa shape index (κ2) is 7.43. The Morgan fingerprint density at radius 1 is 1.21 bits per heavy atom. The number of ether oxygens (including phenoxy) is 1. The summed E-state index contributed by atoms with van der Waals surface area (Å²) in [7, 11) is 2.07. The second-order valence-electron chi connectivity index (χ2n) is 6.94. The molecule has 134 valence electrons. The summed E-state index contributed by atoms with van der Waals surface area (Å²) in [5.74, 6) is 1.04. The Labute approximate surface area is 145 Å². The number of hydrogen-bond donors (Lipinski definition) is 2. The molecule has 2 rings (SSSR count). The molecule has 3 N–H and O–H groups in total. The average molecular weight is 333 g/mol. The first kappa shape index (κ1) is 18.6. The molecule has 1 fully saturated rings. The van der Waals surface area contributed by atoms with E-state index in [-0.39, 0.29) is 18.2 Å². The highest BCUT2D eigenvalue weighted by Gasteiger charge is 2.29. The van der Waals surface area contributed by atoms with Gasteiger partial charge in [0.25, 0.3) is 0 Å². The zero-order valence-electron chi connectivity index (χ0n) is 15.8. The van der Waals surface area contributed by atoms with Gasteiger partial charge in [-0.2, -0.15) is 0 Å². The van der Waals surface area contributed by atoms with Crippen molar-refractivity contribution in [2.45, 2.75) is 66.2 Å². The Balaban J connectivity index is 2.21. The summed E-state index contributed by atoms with van der Waals surface area (Å²) in [4.78, 5) is 13.9. The number of piperidine rings is 1. The zero-order valence-corrected chi connectivity index (χ0v) is 15.8. The van der Waals surface area contributed by atoms with Gasteiger partial charge < -0.3 is 15.8 Å². The fourth-order valence-electron chi connectivity index (χ4n) is 3.26. The van der Waals surface area contributed by atoms with Crippen LogP contribution in [0, 0.1) is 27.7 Å². The maximum absolute atomic E-state index is 11.7. The second-order valence-corrected chi connectivity index (χ2v) is 6.94. The average Bonchev–Trinajstić information content (AvgIpc) is 2.57. The molecule has 1 aromatic carbocycles. The number of nitrogens with zero attached hydrogens (tertiary/aromatic N) is 1. The normalized spacial score (nSPS) is 21.6. The highest BCUT2D eigenvalue weighted by molar-refractivity contribution is 5.75. The molecule has 0 bridgehead atoms. The lowest BCUT2D eigenvalue weighted by atomic mass is 9.97. The van der Waals surface area contributed by atoms with Crippen LogP contribution in [0.15, 0.2) is 0 Å². The highest BCUT2D eigenvalue weighted by atomic mass is 16.5. The summed E-state index contributed by atoms with van der Waals surface area (Å²) in [6, 6.07) is 0.176. The van der Waals surface area contributed by atoms with Crippen molar-refractivity contribution in [3.63, 3.8) is 0 Å². The van der Waals surface area contributed by atoms with Gasteiger partial charge in [0.05, 0.1) is 0 Å². The molecule has 24 heavy (non-hydrogen) atoms. The molecule has 1 aliphatic heterocycles. The van der Waals surface area contributed by atoms with Gasteiger partial charge in [-0.25, -0.2) is 0 Å². The molecule has 2 unspecified atom stereocenters. The van der Waals surface area contributed by atoms with Crippen LogP contribution in [-0.2, 0) is 4.79 Å². The van der Waals surface area contributed by atoms with Crippen LogP contribution in [0.2, 0.25) is 0 Å². The summed E-state index contributed by atoms with van der Waals surface area (Å²) < 4.78 is 6.41. The van der Waals surface area contributed by atoms with Gasteiger partial charge in [-0.05, 0) is 63.4 Å². The van der Waals surface area contributed by atoms with E-state index < -0.39 is 0 Å². The highest BCUT2D eigenvalue weighted by Crippen LogP contribution is 2.35. The first-order valence-electron chi connectivity index (χ1n) is 8.78. The van der Waals surface area contributed by atoms with E-state index in [2.05, 4.69) is 31.1 Å². The van der Waals surface area contributed by atoms with Gasteiger partial charge in [0, 0.05) is 31.1 Å². The number of benzene rings is 1. The minimum absolute atomic E-state index is 0.0410. The van der Waals surface area contributed by atoms with Gasteiger partial charge in [0.15, 0.2) is 6.23 Å². The van der Waals surface area contributed by atoms with E-state index in [9.17, 15) is 4.79 Å². The molecule has 0 saturated carbocycles. The number of hydrogen-bond acceptors (Lipinski definition) is 4. The molecule has 0 spiro atoms. The quantitative estimate of drug-likeness (QED) is 0.832. The smallest absolute Gasteiger partial charge is 0.219 e. The van der Waals surface area contributed by atoms with Crippen molar-refractivity contribution in [2.24, 2.45) is 0 Å². The van der Waals surface area contributed by atoms with Crippen molar-refractivity contribution in [3.8, 4) is 5.75 Å². The molecule has 5 nitrogen and oxygen atoms in total. The number of amides is 1. The molecule has 1 saturated heterocycles. The summed E-state index contributed by atoms with van der Waals surface area (Å²) in [6.07, 6.45) is 2.23. The molecule has 5 heteroatoms. The Bertz CT molecular complexity index is 599. The van der Waals surface area contributed by atoms with E-state index in [0.717, 1.165) is 53.1 Å². The predicted molar refractivity (Wildman–Crippen MR) is 98.3 cm³/mol. The van der Waals surface area contributed by atoms with Crippen molar-refractivity contribution in [2.75, 3.05) is 19.3 Å². The molecule has 1 aliphatic rings. The van der Waals surface area contributed by atoms with Crippen molar-refractivity contribution >= 4 is 11.6 Å². The minimum Gasteiger partial charge on any atom is -0.474 e. The van der Waals surface area contributed by atoms with E-state index in [0.29, 0.717) is 6.42 Å². The number of anilines is 1. The Morgan fingerprint density at radius 3 is 2.33 bits per heavy atom. The van der Waals surface area contributed by atoms with Gasteiger partial charge in [-0.3, -0.25) is 9.69 Å². The van der Waals surface area contributed by atoms with E-state index in [4.69, 9.17) is 10.5 Å². The van der Waals surface area contributed by atoms with Crippen LogP contribution in [0.25, 0.3) is 0 Å². The maximum atomic E-state index is 11.7. The molecule has 1 amide bonds. The van der Waals surface area contributed by atoms with Crippen LogP contribution < -0.4 is 15.8 Å². The first-order valence-corrected chi connectivity index (χ1v) is 8.78. The molecular weight excluding hydrogens is 302 g/mol. The third-order valence-corrected chi connectivity index (χ3v) is 5.36. The van der Waals surface area contributed by atoms with E-state index >= 15 is 0 Å². The predicted octanol–water partition coefficient (Wildman–Crippen LogP) is 2.83. The number of carbonyl (C=O) groups excluding carboxylic acids is 1. The van der Waals surface area contributed by atoms with Gasteiger partial charge in [-0.15, -0.1) is 0 Å². The number of nitrogen functional groups attached to an aromatic ring is 1. The van der Waals surface area contributed by atoms with Crippen LogP contribution >= 0.6 is 0 Å². The number of nitrogens with one attached hydrogen (secondary N) is 1. The van der Waals surface area contributed by atoms with Crippen LogP contribution in [0.1, 0.15) is 48.4 Å². The standard InChI is InChI=1S/C19H31N3O2/c1-7-16(23)21-15-8-9-22(6)17(10-15)24-19-13(4)11(2)18(20)12(3)14(19)5/h15,17H,7-10,20H2,1-6H3,(H,21,23). The summed E-state index contributed by atoms with van der Waals surface area (Å²) in [5, 5.41) is 3.10. The van der Waals surface area contributed by atoms with Crippen molar-refractivity contribution < 1.29 is 9.53 Å². The minimum atomic E-state index is -0.0410. The lowest BCUT2D eigenvalue weighted by Gasteiger charge is -2.38. The van der Waals surface area contributed by atoms with Gasteiger partial charge in [-0.1, -0.05) is 6.92 Å².